The number of amides is 1. The first-order valence-corrected chi connectivity index (χ1v) is 7.19. The quantitative estimate of drug-likeness (QED) is 0.869. The molecular formula is C16H22FNO2. The van der Waals surface area contributed by atoms with E-state index < -0.39 is 0 Å². The molecule has 1 aromatic carbocycles. The maximum Gasteiger partial charge on any atom is 0.220 e. The Morgan fingerprint density at radius 3 is 2.95 bits per heavy atom. The fraction of sp³-hybridized carbons (Fsp3) is 0.562. The third-order valence-electron chi connectivity index (χ3n) is 4.36. The van der Waals surface area contributed by atoms with Crippen LogP contribution in [0.2, 0.25) is 0 Å². The smallest absolute Gasteiger partial charge is 0.220 e. The van der Waals surface area contributed by atoms with E-state index in [2.05, 4.69) is 5.32 Å². The van der Waals surface area contributed by atoms with Gasteiger partial charge in [0.25, 0.3) is 0 Å². The van der Waals surface area contributed by atoms with E-state index in [9.17, 15) is 14.3 Å². The number of nitrogens with one attached hydrogen (secondary N) is 1. The maximum atomic E-state index is 13.5. The van der Waals surface area contributed by atoms with Gasteiger partial charge in [0, 0.05) is 17.9 Å². The van der Waals surface area contributed by atoms with Gasteiger partial charge in [-0.3, -0.25) is 4.79 Å². The molecule has 2 atom stereocenters. The van der Waals surface area contributed by atoms with Crippen molar-refractivity contribution in [3.8, 4) is 0 Å². The average Bonchev–Trinajstić information content (AvgIpc) is 2.80. The molecule has 0 aromatic heterocycles. The first-order chi connectivity index (χ1) is 9.55. The van der Waals surface area contributed by atoms with Crippen molar-refractivity contribution in [2.75, 3.05) is 6.61 Å². The van der Waals surface area contributed by atoms with E-state index in [4.69, 9.17) is 0 Å². The number of hydrogen-bond acceptors (Lipinski definition) is 2. The molecule has 2 rings (SSSR count). The third-order valence-corrected chi connectivity index (χ3v) is 4.36. The van der Waals surface area contributed by atoms with Gasteiger partial charge in [0.15, 0.2) is 0 Å². The highest BCUT2D eigenvalue weighted by Crippen LogP contribution is 2.37. The molecule has 1 aromatic rings. The molecule has 0 aliphatic heterocycles. The lowest BCUT2D eigenvalue weighted by molar-refractivity contribution is -0.122. The Hall–Kier alpha value is -1.42. The SMILES string of the molecule is CC1(CO)CCCC1NC(=O)CCc1ccccc1F. The van der Waals surface area contributed by atoms with Crippen molar-refractivity contribution in [1.29, 1.82) is 0 Å². The van der Waals surface area contributed by atoms with Gasteiger partial charge in [-0.1, -0.05) is 31.5 Å². The summed E-state index contributed by atoms with van der Waals surface area (Å²) in [4.78, 5) is 12.0. The van der Waals surface area contributed by atoms with E-state index in [0.717, 1.165) is 19.3 Å². The van der Waals surface area contributed by atoms with Crippen molar-refractivity contribution in [3.05, 3.63) is 35.6 Å². The summed E-state index contributed by atoms with van der Waals surface area (Å²) in [5, 5.41) is 12.4. The summed E-state index contributed by atoms with van der Waals surface area (Å²) in [6.45, 7) is 2.09. The number of rotatable bonds is 5. The molecule has 2 N–H and O–H groups in total. The van der Waals surface area contributed by atoms with Gasteiger partial charge in [0.2, 0.25) is 5.91 Å². The summed E-state index contributed by atoms with van der Waals surface area (Å²) in [6, 6.07) is 6.56. The molecule has 20 heavy (non-hydrogen) atoms. The Labute approximate surface area is 119 Å². The Morgan fingerprint density at radius 1 is 1.50 bits per heavy atom. The molecule has 1 aliphatic rings. The maximum absolute atomic E-state index is 13.5. The first-order valence-electron chi connectivity index (χ1n) is 7.19. The van der Waals surface area contributed by atoms with E-state index in [-0.39, 0.29) is 36.2 Å². The molecule has 110 valence electrons. The molecular weight excluding hydrogens is 257 g/mol. The Bertz CT molecular complexity index is 477. The van der Waals surface area contributed by atoms with Crippen LogP contribution in [0.15, 0.2) is 24.3 Å². The predicted molar refractivity (Wildman–Crippen MR) is 75.7 cm³/mol. The van der Waals surface area contributed by atoms with Crippen molar-refractivity contribution < 1.29 is 14.3 Å². The number of aliphatic hydroxyl groups is 1. The lowest BCUT2D eigenvalue weighted by Gasteiger charge is -2.30. The number of carbonyl (C=O) groups excluding carboxylic acids is 1. The number of benzene rings is 1. The van der Waals surface area contributed by atoms with Crippen molar-refractivity contribution in [1.82, 2.24) is 5.32 Å². The Balaban J connectivity index is 1.86. The summed E-state index contributed by atoms with van der Waals surface area (Å²) < 4.78 is 13.5. The standard InChI is InChI=1S/C16H22FNO2/c1-16(11-19)10-4-7-14(16)18-15(20)9-8-12-5-2-3-6-13(12)17/h2-3,5-6,14,19H,4,7-11H2,1H3,(H,18,20). The van der Waals surface area contributed by atoms with Gasteiger partial charge in [-0.05, 0) is 30.9 Å². The van der Waals surface area contributed by atoms with Crippen LogP contribution >= 0.6 is 0 Å². The van der Waals surface area contributed by atoms with Gasteiger partial charge in [-0.2, -0.15) is 0 Å². The molecule has 0 heterocycles. The normalized spacial score (nSPS) is 25.6. The second kappa shape index (κ2) is 6.35. The van der Waals surface area contributed by atoms with Crippen LogP contribution in [0.5, 0.6) is 0 Å². The molecule has 0 saturated heterocycles. The van der Waals surface area contributed by atoms with Crippen LogP contribution in [0.1, 0.15) is 38.2 Å². The van der Waals surface area contributed by atoms with Crippen LogP contribution in [0.4, 0.5) is 4.39 Å². The summed E-state index contributed by atoms with van der Waals surface area (Å²) in [5.41, 5.74) is 0.354. The second-order valence-corrected chi connectivity index (χ2v) is 5.92. The van der Waals surface area contributed by atoms with Gasteiger partial charge in [-0.25, -0.2) is 4.39 Å². The van der Waals surface area contributed by atoms with Crippen LogP contribution in [0.3, 0.4) is 0 Å². The molecule has 1 aliphatic carbocycles. The summed E-state index contributed by atoms with van der Waals surface area (Å²) in [7, 11) is 0. The van der Waals surface area contributed by atoms with Gasteiger partial charge in [0.1, 0.15) is 5.82 Å². The average molecular weight is 279 g/mol. The Kier molecular flexibility index (Phi) is 4.76. The number of aliphatic hydroxyl groups excluding tert-OH is 1. The lowest BCUT2D eigenvalue weighted by atomic mass is 9.85. The zero-order valence-corrected chi connectivity index (χ0v) is 11.9. The molecule has 4 heteroatoms. The van der Waals surface area contributed by atoms with Crippen LogP contribution in [-0.4, -0.2) is 23.7 Å². The zero-order valence-electron chi connectivity index (χ0n) is 11.9. The summed E-state index contributed by atoms with van der Waals surface area (Å²) >= 11 is 0. The number of carbonyl (C=O) groups is 1. The van der Waals surface area contributed by atoms with Gasteiger partial charge in [-0.15, -0.1) is 0 Å². The van der Waals surface area contributed by atoms with Gasteiger partial charge >= 0.3 is 0 Å². The molecule has 1 fully saturated rings. The van der Waals surface area contributed by atoms with E-state index in [1.165, 1.54) is 6.07 Å². The first kappa shape index (κ1) is 15.0. The minimum atomic E-state index is -0.263. The topological polar surface area (TPSA) is 49.3 Å². The minimum Gasteiger partial charge on any atom is -0.396 e. The number of hydrogen-bond donors (Lipinski definition) is 2. The van der Waals surface area contributed by atoms with Gasteiger partial charge in [0.05, 0.1) is 6.61 Å². The van der Waals surface area contributed by atoms with E-state index in [1.54, 1.807) is 18.2 Å². The molecule has 2 unspecified atom stereocenters. The lowest BCUT2D eigenvalue weighted by Crippen LogP contribution is -2.44. The van der Waals surface area contributed by atoms with Crippen molar-refractivity contribution in [3.63, 3.8) is 0 Å². The van der Waals surface area contributed by atoms with Crippen LogP contribution < -0.4 is 5.32 Å². The molecule has 0 bridgehead atoms. The van der Waals surface area contributed by atoms with Crippen LogP contribution in [-0.2, 0) is 11.2 Å². The van der Waals surface area contributed by atoms with Crippen molar-refractivity contribution in [2.24, 2.45) is 5.41 Å². The monoisotopic (exact) mass is 279 g/mol. The van der Waals surface area contributed by atoms with Gasteiger partial charge < -0.3 is 10.4 Å². The van der Waals surface area contributed by atoms with Crippen molar-refractivity contribution in [2.45, 2.75) is 45.1 Å². The number of halogens is 1. The third kappa shape index (κ3) is 3.37. The van der Waals surface area contributed by atoms with E-state index in [0.29, 0.717) is 12.0 Å². The molecule has 3 nitrogen and oxygen atoms in total. The highest BCUT2D eigenvalue weighted by molar-refractivity contribution is 5.76. The molecule has 0 radical (unpaired) electrons. The fourth-order valence-electron chi connectivity index (χ4n) is 2.88. The van der Waals surface area contributed by atoms with Crippen LogP contribution in [0, 0.1) is 11.2 Å². The molecule has 1 amide bonds. The number of aryl methyl sites for hydroxylation is 1. The summed E-state index contributed by atoms with van der Waals surface area (Å²) in [6.07, 6.45) is 3.54. The van der Waals surface area contributed by atoms with E-state index in [1.807, 2.05) is 6.92 Å². The highest BCUT2D eigenvalue weighted by Gasteiger charge is 2.38. The molecule has 0 spiro atoms. The van der Waals surface area contributed by atoms with Crippen LogP contribution in [0.25, 0.3) is 0 Å². The highest BCUT2D eigenvalue weighted by atomic mass is 19.1. The van der Waals surface area contributed by atoms with Crippen molar-refractivity contribution >= 4 is 5.91 Å². The largest absolute Gasteiger partial charge is 0.396 e. The van der Waals surface area contributed by atoms with E-state index >= 15 is 0 Å². The molecule has 1 saturated carbocycles. The fourth-order valence-corrected chi connectivity index (χ4v) is 2.88. The second-order valence-electron chi connectivity index (χ2n) is 5.92. The predicted octanol–water partition coefficient (Wildman–Crippen LogP) is 2.43. The summed E-state index contributed by atoms with van der Waals surface area (Å²) in [5.74, 6) is -0.332. The zero-order chi connectivity index (χ0) is 14.6. The Morgan fingerprint density at radius 2 is 2.25 bits per heavy atom. The minimum absolute atomic E-state index is 0.0284.